The predicted molar refractivity (Wildman–Crippen MR) is 72.3 cm³/mol. The Morgan fingerprint density at radius 3 is 2.89 bits per heavy atom. The van der Waals surface area contributed by atoms with Crippen molar-refractivity contribution in [3.05, 3.63) is 17.8 Å². The number of methoxy groups -OCH3 is 1. The standard InChI is InChI=1S/C13H20N4O2/c1-3-8-17(10-6-7-14-9-10)12-5-4-11(15-16-12)13(18)19-2/h4-5,10,14H,3,6-9H2,1-2H3. The van der Waals surface area contributed by atoms with Gasteiger partial charge in [0.15, 0.2) is 11.5 Å². The van der Waals surface area contributed by atoms with Crippen molar-refractivity contribution in [1.82, 2.24) is 15.5 Å². The van der Waals surface area contributed by atoms with E-state index in [1.165, 1.54) is 7.11 Å². The second kappa shape index (κ2) is 6.47. The zero-order valence-electron chi connectivity index (χ0n) is 11.4. The molecule has 1 atom stereocenters. The van der Waals surface area contributed by atoms with Crippen molar-refractivity contribution in [2.24, 2.45) is 0 Å². The van der Waals surface area contributed by atoms with Gasteiger partial charge in [0.25, 0.3) is 0 Å². The van der Waals surface area contributed by atoms with Crippen molar-refractivity contribution in [2.45, 2.75) is 25.8 Å². The number of hydrogen-bond donors (Lipinski definition) is 1. The molecule has 1 unspecified atom stereocenters. The molecule has 1 N–H and O–H groups in total. The molecule has 2 heterocycles. The van der Waals surface area contributed by atoms with Crippen molar-refractivity contribution in [2.75, 3.05) is 31.6 Å². The highest BCUT2D eigenvalue weighted by Gasteiger charge is 2.23. The summed E-state index contributed by atoms with van der Waals surface area (Å²) < 4.78 is 4.62. The highest BCUT2D eigenvalue weighted by Crippen LogP contribution is 2.18. The number of carbonyl (C=O) groups excluding carboxylic acids is 1. The van der Waals surface area contributed by atoms with E-state index in [4.69, 9.17) is 0 Å². The van der Waals surface area contributed by atoms with E-state index in [0.717, 1.165) is 38.3 Å². The molecule has 0 amide bonds. The average Bonchev–Trinajstić information content (AvgIpc) is 2.98. The molecule has 2 rings (SSSR count). The minimum Gasteiger partial charge on any atom is -0.464 e. The highest BCUT2D eigenvalue weighted by molar-refractivity contribution is 5.86. The first-order valence-corrected chi connectivity index (χ1v) is 6.65. The number of esters is 1. The van der Waals surface area contributed by atoms with E-state index in [-0.39, 0.29) is 5.69 Å². The van der Waals surface area contributed by atoms with E-state index in [0.29, 0.717) is 6.04 Å². The number of nitrogens with one attached hydrogen (secondary N) is 1. The van der Waals surface area contributed by atoms with E-state index >= 15 is 0 Å². The summed E-state index contributed by atoms with van der Waals surface area (Å²) in [6.45, 7) is 5.10. The van der Waals surface area contributed by atoms with Crippen LogP contribution in [0.4, 0.5) is 5.82 Å². The molecule has 104 valence electrons. The zero-order chi connectivity index (χ0) is 13.7. The molecule has 1 aromatic rings. The monoisotopic (exact) mass is 264 g/mol. The SMILES string of the molecule is CCCN(c1ccc(C(=O)OC)nn1)C1CCNC1. The van der Waals surface area contributed by atoms with Gasteiger partial charge in [0.05, 0.1) is 7.11 Å². The van der Waals surface area contributed by atoms with Crippen molar-refractivity contribution in [3.8, 4) is 0 Å². The predicted octanol–water partition coefficient (Wildman–Crippen LogP) is 0.841. The van der Waals surface area contributed by atoms with Crippen LogP contribution in [0.25, 0.3) is 0 Å². The summed E-state index contributed by atoms with van der Waals surface area (Å²) in [7, 11) is 1.34. The van der Waals surface area contributed by atoms with Crippen LogP contribution in [0.5, 0.6) is 0 Å². The number of hydrogen-bond acceptors (Lipinski definition) is 6. The summed E-state index contributed by atoms with van der Waals surface area (Å²) in [5.74, 6) is 0.367. The molecule has 19 heavy (non-hydrogen) atoms. The molecule has 0 radical (unpaired) electrons. The van der Waals surface area contributed by atoms with Gasteiger partial charge in [-0.3, -0.25) is 0 Å². The molecule has 0 aliphatic carbocycles. The summed E-state index contributed by atoms with van der Waals surface area (Å²) in [5.41, 5.74) is 0.243. The van der Waals surface area contributed by atoms with E-state index in [2.05, 4.69) is 32.1 Å². The fraction of sp³-hybridized carbons (Fsp3) is 0.615. The topological polar surface area (TPSA) is 67.4 Å². The fourth-order valence-electron chi connectivity index (χ4n) is 2.32. The van der Waals surface area contributed by atoms with Gasteiger partial charge in [0.1, 0.15) is 0 Å². The number of rotatable bonds is 5. The number of anilines is 1. The summed E-state index contributed by atoms with van der Waals surface area (Å²) >= 11 is 0. The summed E-state index contributed by atoms with van der Waals surface area (Å²) in [6, 6.07) is 3.96. The summed E-state index contributed by atoms with van der Waals surface area (Å²) in [5, 5.41) is 11.5. The van der Waals surface area contributed by atoms with Gasteiger partial charge in [-0.05, 0) is 31.5 Å². The second-order valence-electron chi connectivity index (χ2n) is 4.61. The Hall–Kier alpha value is -1.69. The molecule has 0 bridgehead atoms. The number of nitrogens with zero attached hydrogens (tertiary/aromatic N) is 3. The molecule has 1 aliphatic rings. The van der Waals surface area contributed by atoms with Crippen LogP contribution in [0.1, 0.15) is 30.3 Å². The van der Waals surface area contributed by atoms with Gasteiger partial charge in [-0.2, -0.15) is 0 Å². The van der Waals surface area contributed by atoms with Gasteiger partial charge < -0.3 is 15.0 Å². The van der Waals surface area contributed by atoms with E-state index in [1.807, 2.05) is 6.07 Å². The molecule has 0 spiro atoms. The van der Waals surface area contributed by atoms with Crippen molar-refractivity contribution < 1.29 is 9.53 Å². The van der Waals surface area contributed by atoms with Crippen LogP contribution >= 0.6 is 0 Å². The van der Waals surface area contributed by atoms with Crippen LogP contribution in [-0.4, -0.2) is 49.0 Å². The van der Waals surface area contributed by atoms with E-state index in [1.54, 1.807) is 6.07 Å². The van der Waals surface area contributed by atoms with Crippen molar-refractivity contribution in [1.29, 1.82) is 0 Å². The molecule has 6 nitrogen and oxygen atoms in total. The Bertz CT molecular complexity index is 415. The van der Waals surface area contributed by atoms with Gasteiger partial charge in [0, 0.05) is 19.1 Å². The zero-order valence-corrected chi connectivity index (χ0v) is 11.4. The van der Waals surface area contributed by atoms with Gasteiger partial charge in [-0.15, -0.1) is 10.2 Å². The lowest BCUT2D eigenvalue weighted by Gasteiger charge is -2.28. The molecule has 0 aromatic carbocycles. The Morgan fingerprint density at radius 1 is 1.53 bits per heavy atom. The van der Waals surface area contributed by atoms with Crippen LogP contribution in [-0.2, 0) is 4.74 Å². The largest absolute Gasteiger partial charge is 0.464 e. The maximum Gasteiger partial charge on any atom is 0.358 e. The molecule has 6 heteroatoms. The van der Waals surface area contributed by atoms with Crippen LogP contribution < -0.4 is 10.2 Å². The molecule has 1 aromatic heterocycles. The maximum absolute atomic E-state index is 11.3. The molecule has 1 saturated heterocycles. The minimum absolute atomic E-state index is 0.243. The van der Waals surface area contributed by atoms with Crippen LogP contribution in [0, 0.1) is 0 Å². The first-order valence-electron chi connectivity index (χ1n) is 6.65. The lowest BCUT2D eigenvalue weighted by atomic mass is 10.2. The normalized spacial score (nSPS) is 18.3. The minimum atomic E-state index is -0.455. The third-order valence-electron chi connectivity index (χ3n) is 3.28. The van der Waals surface area contributed by atoms with Gasteiger partial charge in [-0.25, -0.2) is 4.79 Å². The molecule has 1 fully saturated rings. The van der Waals surface area contributed by atoms with E-state index < -0.39 is 5.97 Å². The Kier molecular flexibility index (Phi) is 4.68. The second-order valence-corrected chi connectivity index (χ2v) is 4.61. The van der Waals surface area contributed by atoms with Crippen LogP contribution in [0.15, 0.2) is 12.1 Å². The first kappa shape index (κ1) is 13.7. The highest BCUT2D eigenvalue weighted by atomic mass is 16.5. The molecule has 1 aliphatic heterocycles. The molecular weight excluding hydrogens is 244 g/mol. The molecule has 0 saturated carbocycles. The Labute approximate surface area is 113 Å². The number of carbonyl (C=O) groups is 1. The van der Waals surface area contributed by atoms with Gasteiger partial charge in [-0.1, -0.05) is 6.92 Å². The van der Waals surface area contributed by atoms with Crippen LogP contribution in [0.2, 0.25) is 0 Å². The fourth-order valence-corrected chi connectivity index (χ4v) is 2.32. The van der Waals surface area contributed by atoms with Crippen molar-refractivity contribution >= 4 is 11.8 Å². The average molecular weight is 264 g/mol. The number of ether oxygens (including phenoxy) is 1. The lowest BCUT2D eigenvalue weighted by Crippen LogP contribution is -2.38. The Balaban J connectivity index is 2.14. The maximum atomic E-state index is 11.3. The van der Waals surface area contributed by atoms with E-state index in [9.17, 15) is 4.79 Å². The number of aromatic nitrogens is 2. The van der Waals surface area contributed by atoms with Crippen LogP contribution in [0.3, 0.4) is 0 Å². The molecular formula is C13H20N4O2. The summed E-state index contributed by atoms with van der Waals surface area (Å²) in [6.07, 6.45) is 2.16. The van der Waals surface area contributed by atoms with Crippen molar-refractivity contribution in [3.63, 3.8) is 0 Å². The lowest BCUT2D eigenvalue weighted by molar-refractivity contribution is 0.0592. The first-order chi connectivity index (χ1) is 9.26. The Morgan fingerprint density at radius 2 is 2.37 bits per heavy atom. The van der Waals surface area contributed by atoms with Gasteiger partial charge in [0.2, 0.25) is 0 Å². The third-order valence-corrected chi connectivity index (χ3v) is 3.28. The smallest absolute Gasteiger partial charge is 0.358 e. The quantitative estimate of drug-likeness (QED) is 0.795. The third kappa shape index (κ3) is 3.20. The summed E-state index contributed by atoms with van der Waals surface area (Å²) in [4.78, 5) is 13.6. The van der Waals surface area contributed by atoms with Gasteiger partial charge >= 0.3 is 5.97 Å².